The maximum atomic E-state index is 12.1. The van der Waals surface area contributed by atoms with Gasteiger partial charge < -0.3 is 15.0 Å². The molecule has 0 spiro atoms. The van der Waals surface area contributed by atoms with Gasteiger partial charge in [0, 0.05) is 47.9 Å². The highest BCUT2D eigenvalue weighted by Gasteiger charge is 2.22. The van der Waals surface area contributed by atoms with Crippen LogP contribution >= 0.6 is 0 Å². The second-order valence-corrected chi connectivity index (χ2v) is 5.92. The van der Waals surface area contributed by atoms with Gasteiger partial charge in [-0.3, -0.25) is 4.79 Å². The van der Waals surface area contributed by atoms with Crippen molar-refractivity contribution in [3.8, 4) is 0 Å². The van der Waals surface area contributed by atoms with Crippen LogP contribution in [0.1, 0.15) is 32.3 Å². The molecule has 4 nitrogen and oxygen atoms in total. The average molecular weight is 300 g/mol. The molecular formula is C18H24N2O2. The molecule has 1 aromatic heterocycles. The van der Waals surface area contributed by atoms with Crippen molar-refractivity contribution in [2.75, 3.05) is 6.61 Å². The Kier molecular flexibility index (Phi) is 5.03. The van der Waals surface area contributed by atoms with Crippen LogP contribution in [0.3, 0.4) is 0 Å². The number of aryl methyl sites for hydroxylation is 1. The van der Waals surface area contributed by atoms with E-state index in [2.05, 4.69) is 22.0 Å². The zero-order chi connectivity index (χ0) is 16.2. The van der Waals surface area contributed by atoms with Gasteiger partial charge in [-0.25, -0.2) is 0 Å². The van der Waals surface area contributed by atoms with E-state index in [0.717, 1.165) is 22.9 Å². The van der Waals surface area contributed by atoms with Crippen molar-refractivity contribution >= 4 is 22.9 Å². The Morgan fingerprint density at radius 3 is 2.82 bits per heavy atom. The van der Waals surface area contributed by atoms with Crippen molar-refractivity contribution in [2.24, 2.45) is 7.05 Å². The third-order valence-electron chi connectivity index (χ3n) is 4.21. The SMILES string of the molecule is CCC(C)(CCO)NC(=O)/C=C/c1cn(C)c2ccccc12. The largest absolute Gasteiger partial charge is 0.396 e. The molecule has 2 rings (SSSR count). The Balaban J connectivity index is 2.15. The van der Waals surface area contributed by atoms with Gasteiger partial charge in [0.25, 0.3) is 0 Å². The minimum Gasteiger partial charge on any atom is -0.396 e. The molecule has 1 atom stereocenters. The topological polar surface area (TPSA) is 54.3 Å². The zero-order valence-electron chi connectivity index (χ0n) is 13.5. The molecule has 0 aliphatic heterocycles. The number of aliphatic hydroxyl groups excluding tert-OH is 1. The van der Waals surface area contributed by atoms with E-state index >= 15 is 0 Å². The maximum Gasteiger partial charge on any atom is 0.244 e. The van der Waals surface area contributed by atoms with Crippen molar-refractivity contribution in [1.29, 1.82) is 0 Å². The Labute approximate surface area is 131 Å². The van der Waals surface area contributed by atoms with E-state index < -0.39 is 0 Å². The summed E-state index contributed by atoms with van der Waals surface area (Å²) in [5.41, 5.74) is 1.80. The number of fused-ring (bicyclic) bond motifs is 1. The van der Waals surface area contributed by atoms with Crippen molar-refractivity contribution in [3.63, 3.8) is 0 Å². The predicted octanol–water partition coefficient (Wildman–Crippen LogP) is 2.86. The summed E-state index contributed by atoms with van der Waals surface area (Å²) in [5, 5.41) is 13.2. The maximum absolute atomic E-state index is 12.1. The van der Waals surface area contributed by atoms with Gasteiger partial charge in [0.1, 0.15) is 0 Å². The number of amides is 1. The van der Waals surface area contributed by atoms with Gasteiger partial charge in [0.15, 0.2) is 0 Å². The summed E-state index contributed by atoms with van der Waals surface area (Å²) in [7, 11) is 2.00. The number of benzene rings is 1. The van der Waals surface area contributed by atoms with Crippen LogP contribution in [-0.4, -0.2) is 27.7 Å². The Hall–Kier alpha value is -2.07. The number of hydrogen-bond acceptors (Lipinski definition) is 2. The number of para-hydroxylation sites is 1. The number of nitrogens with zero attached hydrogens (tertiary/aromatic N) is 1. The van der Waals surface area contributed by atoms with Crippen molar-refractivity contribution < 1.29 is 9.90 Å². The van der Waals surface area contributed by atoms with E-state index in [-0.39, 0.29) is 18.1 Å². The molecule has 4 heteroatoms. The number of nitrogens with one attached hydrogen (secondary N) is 1. The Morgan fingerprint density at radius 1 is 1.41 bits per heavy atom. The minimum absolute atomic E-state index is 0.0671. The highest BCUT2D eigenvalue weighted by molar-refractivity contribution is 5.96. The summed E-state index contributed by atoms with van der Waals surface area (Å²) in [6.07, 6.45) is 6.75. The quantitative estimate of drug-likeness (QED) is 0.806. The highest BCUT2D eigenvalue weighted by Crippen LogP contribution is 2.21. The number of aliphatic hydroxyl groups is 1. The first-order valence-corrected chi connectivity index (χ1v) is 7.64. The van der Waals surface area contributed by atoms with Gasteiger partial charge in [-0.05, 0) is 31.9 Å². The summed E-state index contributed by atoms with van der Waals surface area (Å²) in [4.78, 5) is 12.1. The monoisotopic (exact) mass is 300 g/mol. The fraction of sp³-hybridized carbons (Fsp3) is 0.389. The zero-order valence-corrected chi connectivity index (χ0v) is 13.5. The number of rotatable bonds is 6. The predicted molar refractivity (Wildman–Crippen MR) is 90.5 cm³/mol. The first kappa shape index (κ1) is 16.3. The second kappa shape index (κ2) is 6.79. The molecule has 2 N–H and O–H groups in total. The lowest BCUT2D eigenvalue weighted by Crippen LogP contribution is -2.45. The van der Waals surface area contributed by atoms with E-state index in [1.807, 2.05) is 45.3 Å². The highest BCUT2D eigenvalue weighted by atomic mass is 16.3. The molecule has 0 saturated heterocycles. The molecule has 1 heterocycles. The standard InChI is InChI=1S/C18H24N2O2/c1-4-18(2,11-12-21)19-17(22)10-9-14-13-20(3)16-8-6-5-7-15(14)16/h5-10,13,21H,4,11-12H2,1-3H3,(H,19,22)/b10-9+. The van der Waals surface area contributed by atoms with Crippen molar-refractivity contribution in [1.82, 2.24) is 9.88 Å². The van der Waals surface area contributed by atoms with Gasteiger partial charge in [-0.1, -0.05) is 25.1 Å². The molecule has 0 saturated carbocycles. The first-order chi connectivity index (χ1) is 10.5. The van der Waals surface area contributed by atoms with Gasteiger partial charge in [-0.2, -0.15) is 0 Å². The minimum atomic E-state index is -0.366. The summed E-state index contributed by atoms with van der Waals surface area (Å²) in [6.45, 7) is 4.02. The molecular weight excluding hydrogens is 276 g/mol. The summed E-state index contributed by atoms with van der Waals surface area (Å²) in [6, 6.07) is 8.11. The van der Waals surface area contributed by atoms with Crippen LogP contribution < -0.4 is 5.32 Å². The summed E-state index contributed by atoms with van der Waals surface area (Å²) < 4.78 is 2.05. The van der Waals surface area contributed by atoms with Crippen LogP contribution in [0, 0.1) is 0 Å². The smallest absolute Gasteiger partial charge is 0.244 e. The number of carbonyl (C=O) groups is 1. The van der Waals surface area contributed by atoms with Gasteiger partial charge in [-0.15, -0.1) is 0 Å². The van der Waals surface area contributed by atoms with Crippen LogP contribution in [0.5, 0.6) is 0 Å². The fourth-order valence-corrected chi connectivity index (χ4v) is 2.58. The van der Waals surface area contributed by atoms with E-state index in [9.17, 15) is 4.79 Å². The molecule has 0 fully saturated rings. The lowest BCUT2D eigenvalue weighted by Gasteiger charge is -2.28. The van der Waals surface area contributed by atoms with E-state index in [1.54, 1.807) is 6.08 Å². The summed E-state index contributed by atoms with van der Waals surface area (Å²) >= 11 is 0. The number of aromatic nitrogens is 1. The van der Waals surface area contributed by atoms with E-state index in [4.69, 9.17) is 5.11 Å². The third kappa shape index (κ3) is 3.57. The van der Waals surface area contributed by atoms with Crippen LogP contribution in [-0.2, 0) is 11.8 Å². The third-order valence-corrected chi connectivity index (χ3v) is 4.21. The van der Waals surface area contributed by atoms with Crippen molar-refractivity contribution in [3.05, 3.63) is 42.1 Å². The van der Waals surface area contributed by atoms with Crippen LogP contribution in [0.2, 0.25) is 0 Å². The lowest BCUT2D eigenvalue weighted by molar-refractivity contribution is -0.118. The van der Waals surface area contributed by atoms with E-state index in [0.29, 0.717) is 6.42 Å². The molecule has 0 bridgehead atoms. The summed E-state index contributed by atoms with van der Waals surface area (Å²) in [5.74, 6) is -0.134. The second-order valence-electron chi connectivity index (χ2n) is 5.92. The Morgan fingerprint density at radius 2 is 2.14 bits per heavy atom. The normalized spacial score (nSPS) is 14.4. The molecule has 1 amide bonds. The molecule has 2 aromatic rings. The molecule has 0 aliphatic rings. The van der Waals surface area contributed by atoms with Gasteiger partial charge >= 0.3 is 0 Å². The van der Waals surface area contributed by atoms with Crippen LogP contribution in [0.15, 0.2) is 36.5 Å². The van der Waals surface area contributed by atoms with Crippen LogP contribution in [0.4, 0.5) is 0 Å². The first-order valence-electron chi connectivity index (χ1n) is 7.64. The molecule has 0 radical (unpaired) electrons. The fourth-order valence-electron chi connectivity index (χ4n) is 2.58. The lowest BCUT2D eigenvalue weighted by atomic mass is 9.95. The molecule has 1 unspecified atom stereocenters. The van der Waals surface area contributed by atoms with E-state index in [1.165, 1.54) is 0 Å². The molecule has 1 aromatic carbocycles. The van der Waals surface area contributed by atoms with Crippen molar-refractivity contribution in [2.45, 2.75) is 32.2 Å². The molecule has 118 valence electrons. The Bertz CT molecular complexity index is 687. The average Bonchev–Trinajstić information content (AvgIpc) is 2.82. The van der Waals surface area contributed by atoms with Gasteiger partial charge in [0.05, 0.1) is 0 Å². The van der Waals surface area contributed by atoms with Crippen LogP contribution in [0.25, 0.3) is 17.0 Å². The molecule has 22 heavy (non-hydrogen) atoms. The molecule has 0 aliphatic carbocycles. The number of hydrogen-bond donors (Lipinski definition) is 2. The number of carbonyl (C=O) groups excluding carboxylic acids is 1. The van der Waals surface area contributed by atoms with Gasteiger partial charge in [0.2, 0.25) is 5.91 Å².